The van der Waals surface area contributed by atoms with E-state index in [4.69, 9.17) is 4.74 Å². The molecule has 0 N–H and O–H groups in total. The van der Waals surface area contributed by atoms with E-state index < -0.39 is 0 Å². The second-order valence-electron chi connectivity index (χ2n) is 6.45. The maximum Gasteiger partial charge on any atom is 0.252 e. The topological polar surface area (TPSA) is 29.5 Å². The monoisotopic (exact) mass is 289 g/mol. The minimum Gasteiger partial charge on any atom is -0.368 e. The van der Waals surface area contributed by atoms with Crippen LogP contribution in [0.3, 0.4) is 0 Å². The fourth-order valence-corrected chi connectivity index (χ4v) is 3.03. The van der Waals surface area contributed by atoms with E-state index in [1.165, 1.54) is 12.8 Å². The average molecular weight is 289 g/mol. The zero-order chi connectivity index (χ0) is 15.4. The predicted molar refractivity (Wildman–Crippen MR) is 86.7 cm³/mol. The fourth-order valence-electron chi connectivity index (χ4n) is 3.03. The molecule has 2 atom stereocenters. The summed E-state index contributed by atoms with van der Waals surface area (Å²) >= 11 is 0. The first-order chi connectivity index (χ1) is 9.97. The van der Waals surface area contributed by atoms with E-state index in [0.29, 0.717) is 0 Å². The first-order valence-electron chi connectivity index (χ1n) is 7.92. The third-order valence-electron chi connectivity index (χ3n) is 4.43. The van der Waals surface area contributed by atoms with Gasteiger partial charge in [0.15, 0.2) is 0 Å². The Morgan fingerprint density at radius 3 is 2.81 bits per heavy atom. The standard InChI is InChI=1S/C18H27NO2/c1-13-6-5-7-16(10-13)21-12-18(20)19(4)17-11-14(2)8-9-15(17)3/h8-9,11,13,16H,5-7,10,12H2,1-4H3. The maximum atomic E-state index is 12.3. The molecular weight excluding hydrogens is 262 g/mol. The van der Waals surface area contributed by atoms with Gasteiger partial charge in [-0.05, 0) is 49.8 Å². The summed E-state index contributed by atoms with van der Waals surface area (Å²) in [6.07, 6.45) is 4.93. The second-order valence-corrected chi connectivity index (χ2v) is 6.45. The van der Waals surface area contributed by atoms with Crippen molar-refractivity contribution in [3.05, 3.63) is 29.3 Å². The molecule has 0 spiro atoms. The van der Waals surface area contributed by atoms with Crippen LogP contribution < -0.4 is 4.90 Å². The summed E-state index contributed by atoms with van der Waals surface area (Å²) in [6, 6.07) is 6.17. The average Bonchev–Trinajstić information content (AvgIpc) is 2.46. The van der Waals surface area contributed by atoms with Crippen LogP contribution in [-0.2, 0) is 9.53 Å². The quantitative estimate of drug-likeness (QED) is 0.842. The number of aryl methyl sites for hydroxylation is 2. The van der Waals surface area contributed by atoms with Crippen LogP contribution in [0.25, 0.3) is 0 Å². The van der Waals surface area contributed by atoms with Crippen molar-refractivity contribution in [2.75, 3.05) is 18.6 Å². The molecule has 0 bridgehead atoms. The highest BCUT2D eigenvalue weighted by Crippen LogP contribution is 2.26. The molecule has 2 rings (SSSR count). The van der Waals surface area contributed by atoms with Gasteiger partial charge in [0.05, 0.1) is 6.10 Å². The summed E-state index contributed by atoms with van der Waals surface area (Å²) in [5.41, 5.74) is 3.25. The van der Waals surface area contributed by atoms with Crippen molar-refractivity contribution in [3.63, 3.8) is 0 Å². The van der Waals surface area contributed by atoms with Crippen LogP contribution in [0.4, 0.5) is 5.69 Å². The Morgan fingerprint density at radius 2 is 2.10 bits per heavy atom. The molecule has 1 amide bonds. The first-order valence-corrected chi connectivity index (χ1v) is 7.92. The molecule has 1 aromatic carbocycles. The lowest BCUT2D eigenvalue weighted by Crippen LogP contribution is -2.33. The zero-order valence-corrected chi connectivity index (χ0v) is 13.7. The molecule has 3 nitrogen and oxygen atoms in total. The number of hydrogen-bond acceptors (Lipinski definition) is 2. The van der Waals surface area contributed by atoms with E-state index in [-0.39, 0.29) is 18.6 Å². The Hall–Kier alpha value is -1.35. The molecule has 1 aromatic rings. The number of benzene rings is 1. The molecule has 116 valence electrons. The summed E-state index contributed by atoms with van der Waals surface area (Å²) in [4.78, 5) is 14.0. The molecule has 21 heavy (non-hydrogen) atoms. The molecule has 2 unspecified atom stereocenters. The summed E-state index contributed by atoms with van der Waals surface area (Å²) in [5.74, 6) is 0.748. The minimum absolute atomic E-state index is 0.0296. The van der Waals surface area contributed by atoms with Gasteiger partial charge in [-0.3, -0.25) is 4.79 Å². The van der Waals surface area contributed by atoms with Crippen molar-refractivity contribution >= 4 is 11.6 Å². The normalized spacial score (nSPS) is 22.1. The number of hydrogen-bond donors (Lipinski definition) is 0. The Morgan fingerprint density at radius 1 is 1.33 bits per heavy atom. The molecule has 0 heterocycles. The number of carbonyl (C=O) groups is 1. The molecule has 0 aromatic heterocycles. The van der Waals surface area contributed by atoms with Crippen molar-refractivity contribution in [2.45, 2.75) is 52.6 Å². The lowest BCUT2D eigenvalue weighted by Gasteiger charge is -2.27. The second kappa shape index (κ2) is 7.08. The van der Waals surface area contributed by atoms with Gasteiger partial charge >= 0.3 is 0 Å². The van der Waals surface area contributed by atoms with Crippen LogP contribution in [0.15, 0.2) is 18.2 Å². The Bertz CT molecular complexity index is 498. The van der Waals surface area contributed by atoms with Gasteiger partial charge in [0.1, 0.15) is 6.61 Å². The highest BCUT2D eigenvalue weighted by molar-refractivity contribution is 5.94. The molecular formula is C18H27NO2. The Balaban J connectivity index is 1.92. The largest absolute Gasteiger partial charge is 0.368 e. The van der Waals surface area contributed by atoms with Crippen molar-refractivity contribution < 1.29 is 9.53 Å². The number of anilines is 1. The Kier molecular flexibility index (Phi) is 5.40. The third kappa shape index (κ3) is 4.31. The molecule has 3 heteroatoms. The molecule has 0 radical (unpaired) electrons. The number of ether oxygens (including phenoxy) is 1. The first kappa shape index (κ1) is 16.0. The summed E-state index contributed by atoms with van der Waals surface area (Å²) in [7, 11) is 1.83. The zero-order valence-electron chi connectivity index (χ0n) is 13.7. The van der Waals surface area contributed by atoms with E-state index in [1.807, 2.05) is 20.9 Å². The van der Waals surface area contributed by atoms with Gasteiger partial charge in [0, 0.05) is 12.7 Å². The van der Waals surface area contributed by atoms with Crippen molar-refractivity contribution in [3.8, 4) is 0 Å². The SMILES string of the molecule is Cc1ccc(C)c(N(C)C(=O)COC2CCCC(C)C2)c1. The molecule has 1 fully saturated rings. The van der Waals surface area contributed by atoms with Crippen molar-refractivity contribution in [1.29, 1.82) is 0 Å². The minimum atomic E-state index is 0.0296. The van der Waals surface area contributed by atoms with Gasteiger partial charge in [-0.25, -0.2) is 0 Å². The highest BCUT2D eigenvalue weighted by atomic mass is 16.5. The van der Waals surface area contributed by atoms with Crippen LogP contribution >= 0.6 is 0 Å². The molecule has 1 saturated carbocycles. The van der Waals surface area contributed by atoms with Gasteiger partial charge in [0.2, 0.25) is 0 Å². The van der Waals surface area contributed by atoms with Crippen LogP contribution in [0.2, 0.25) is 0 Å². The van der Waals surface area contributed by atoms with Crippen LogP contribution in [0.5, 0.6) is 0 Å². The van der Waals surface area contributed by atoms with Crippen LogP contribution in [-0.4, -0.2) is 25.7 Å². The predicted octanol–water partition coefficient (Wildman–Crippen LogP) is 3.86. The number of rotatable bonds is 4. The van der Waals surface area contributed by atoms with Crippen LogP contribution in [0, 0.1) is 19.8 Å². The van der Waals surface area contributed by atoms with E-state index in [1.54, 1.807) is 4.90 Å². The highest BCUT2D eigenvalue weighted by Gasteiger charge is 2.21. The van der Waals surface area contributed by atoms with Gasteiger partial charge in [-0.15, -0.1) is 0 Å². The fraction of sp³-hybridized carbons (Fsp3) is 0.611. The maximum absolute atomic E-state index is 12.3. The number of nitrogens with zero attached hydrogens (tertiary/aromatic N) is 1. The number of amides is 1. The number of likely N-dealkylation sites (N-methyl/N-ethyl adjacent to an activating group) is 1. The molecule has 0 aliphatic heterocycles. The molecule has 1 aliphatic carbocycles. The lowest BCUT2D eigenvalue weighted by atomic mass is 9.89. The molecule has 0 saturated heterocycles. The van der Waals surface area contributed by atoms with Gasteiger partial charge in [0.25, 0.3) is 5.91 Å². The van der Waals surface area contributed by atoms with E-state index in [9.17, 15) is 4.79 Å². The van der Waals surface area contributed by atoms with Gasteiger partial charge in [-0.1, -0.05) is 31.9 Å². The van der Waals surface area contributed by atoms with Gasteiger partial charge < -0.3 is 9.64 Å². The smallest absolute Gasteiger partial charge is 0.252 e. The number of carbonyl (C=O) groups excluding carboxylic acids is 1. The summed E-state index contributed by atoms with van der Waals surface area (Å²) in [6.45, 7) is 6.52. The van der Waals surface area contributed by atoms with Crippen LogP contribution in [0.1, 0.15) is 43.7 Å². The van der Waals surface area contributed by atoms with E-state index in [2.05, 4.69) is 25.1 Å². The van der Waals surface area contributed by atoms with Gasteiger partial charge in [-0.2, -0.15) is 0 Å². The van der Waals surface area contributed by atoms with E-state index in [0.717, 1.165) is 35.6 Å². The Labute approximate surface area is 128 Å². The third-order valence-corrected chi connectivity index (χ3v) is 4.43. The summed E-state index contributed by atoms with van der Waals surface area (Å²) in [5, 5.41) is 0. The van der Waals surface area contributed by atoms with E-state index >= 15 is 0 Å². The summed E-state index contributed by atoms with van der Waals surface area (Å²) < 4.78 is 5.84. The lowest BCUT2D eigenvalue weighted by molar-refractivity contribution is -0.125. The van der Waals surface area contributed by atoms with Crippen molar-refractivity contribution in [1.82, 2.24) is 0 Å². The van der Waals surface area contributed by atoms with Crippen molar-refractivity contribution in [2.24, 2.45) is 5.92 Å². The molecule has 1 aliphatic rings.